The van der Waals surface area contributed by atoms with E-state index in [1.807, 2.05) is 25.1 Å². The molecule has 0 saturated heterocycles. The van der Waals surface area contributed by atoms with Gasteiger partial charge in [-0.05, 0) is 18.2 Å². The molecule has 0 aliphatic carbocycles. The number of halogens is 3. The van der Waals surface area contributed by atoms with Gasteiger partial charge in [0.1, 0.15) is 6.04 Å². The molecule has 0 saturated carbocycles. The zero-order chi connectivity index (χ0) is 15.7. The van der Waals surface area contributed by atoms with Crippen LogP contribution in [0.4, 0.5) is 11.4 Å². The summed E-state index contributed by atoms with van der Waals surface area (Å²) in [5.74, 6) is -0.140. The Morgan fingerprint density at radius 3 is 2.83 bits per heavy atom. The van der Waals surface area contributed by atoms with Crippen LogP contribution in [0.5, 0.6) is 0 Å². The van der Waals surface area contributed by atoms with Gasteiger partial charge in [-0.1, -0.05) is 11.6 Å². The lowest BCUT2D eigenvalue weighted by Crippen LogP contribution is -2.38. The Balaban J connectivity index is 0.00000144. The number of carbonyl (C=O) groups is 1. The normalized spacial score (nSPS) is 15.5. The van der Waals surface area contributed by atoms with Crippen LogP contribution < -0.4 is 15.5 Å². The van der Waals surface area contributed by atoms with Crippen LogP contribution in [0.2, 0.25) is 5.02 Å². The van der Waals surface area contributed by atoms with Crippen molar-refractivity contribution in [1.29, 1.82) is 0 Å². The van der Waals surface area contributed by atoms with Crippen LogP contribution in [-0.4, -0.2) is 36.5 Å². The first kappa shape index (κ1) is 20.6. The van der Waals surface area contributed by atoms with E-state index in [9.17, 15) is 4.79 Å². The molecule has 1 unspecified atom stereocenters. The van der Waals surface area contributed by atoms with Crippen molar-refractivity contribution in [2.75, 3.05) is 30.9 Å². The number of rotatable bonds is 3. The highest BCUT2D eigenvalue weighted by molar-refractivity contribution is 6.31. The lowest BCUT2D eigenvalue weighted by molar-refractivity contribution is -0.118. The van der Waals surface area contributed by atoms with Gasteiger partial charge in [-0.15, -0.1) is 24.8 Å². The lowest BCUT2D eigenvalue weighted by Gasteiger charge is -2.24. The van der Waals surface area contributed by atoms with E-state index < -0.39 is 6.04 Å². The summed E-state index contributed by atoms with van der Waals surface area (Å²) in [6.07, 6.45) is 2.47. The Kier molecular flexibility index (Phi) is 7.35. The average molecular weight is 393 g/mol. The number of aromatic amines is 1. The van der Waals surface area contributed by atoms with Gasteiger partial charge in [0.25, 0.3) is 0 Å². The fourth-order valence-corrected chi connectivity index (χ4v) is 2.81. The second-order valence-electron chi connectivity index (χ2n) is 5.45. The van der Waals surface area contributed by atoms with Crippen molar-refractivity contribution in [3.05, 3.63) is 40.9 Å². The number of nitrogens with one attached hydrogen (secondary N) is 3. The summed E-state index contributed by atoms with van der Waals surface area (Å²) >= 11 is 6.05. The number of aromatic nitrogens is 2. The highest BCUT2D eigenvalue weighted by Gasteiger charge is 2.28. The number of benzene rings is 1. The second-order valence-corrected chi connectivity index (χ2v) is 5.89. The first-order valence-corrected chi connectivity index (χ1v) is 7.47. The van der Waals surface area contributed by atoms with E-state index >= 15 is 0 Å². The topological polar surface area (TPSA) is 73.1 Å². The molecular weight excluding hydrogens is 373 g/mol. The minimum Gasteiger partial charge on any atom is -0.376 e. The number of hydrogen-bond acceptors (Lipinski definition) is 4. The Bertz CT molecular complexity index is 704. The smallest absolute Gasteiger partial charge is 0.247 e. The third kappa shape index (κ3) is 4.13. The summed E-state index contributed by atoms with van der Waals surface area (Å²) in [7, 11) is 3.84. The fourth-order valence-electron chi connectivity index (χ4n) is 2.64. The Labute approximate surface area is 158 Å². The average Bonchev–Trinajstić information content (AvgIpc) is 2.95. The lowest BCUT2D eigenvalue weighted by atomic mass is 10.0. The molecule has 1 atom stereocenters. The number of fused-ring (bicyclic) bond motifs is 1. The molecule has 2 aromatic rings. The van der Waals surface area contributed by atoms with Gasteiger partial charge < -0.3 is 20.5 Å². The molecule has 24 heavy (non-hydrogen) atoms. The Hall–Kier alpha value is -1.47. The van der Waals surface area contributed by atoms with Crippen LogP contribution in [-0.2, 0) is 11.2 Å². The molecule has 0 fully saturated rings. The number of anilines is 2. The monoisotopic (exact) mass is 391 g/mol. The predicted octanol–water partition coefficient (Wildman–Crippen LogP) is 2.80. The number of amides is 1. The molecule has 6 nitrogen and oxygen atoms in total. The van der Waals surface area contributed by atoms with Gasteiger partial charge in [-0.3, -0.25) is 4.79 Å². The van der Waals surface area contributed by atoms with E-state index in [-0.39, 0.29) is 30.7 Å². The highest BCUT2D eigenvalue weighted by atomic mass is 35.5. The molecular formula is C15H20Cl3N5O. The van der Waals surface area contributed by atoms with Crippen molar-refractivity contribution >= 4 is 53.7 Å². The number of carbonyl (C=O) groups excluding carboxylic acids is 1. The number of nitrogens with zero attached hydrogens (tertiary/aromatic N) is 2. The van der Waals surface area contributed by atoms with Gasteiger partial charge in [-0.2, -0.15) is 0 Å². The number of hydrogen-bond donors (Lipinski definition) is 3. The van der Waals surface area contributed by atoms with Gasteiger partial charge in [0.15, 0.2) is 0 Å². The van der Waals surface area contributed by atoms with E-state index in [1.165, 1.54) is 0 Å². The maximum absolute atomic E-state index is 12.6. The van der Waals surface area contributed by atoms with Gasteiger partial charge >= 0.3 is 0 Å². The molecule has 0 spiro atoms. The van der Waals surface area contributed by atoms with Crippen LogP contribution in [0.25, 0.3) is 0 Å². The zero-order valence-corrected chi connectivity index (χ0v) is 15.7. The molecule has 1 aromatic carbocycles. The van der Waals surface area contributed by atoms with Gasteiger partial charge in [-0.25, -0.2) is 4.98 Å². The Morgan fingerprint density at radius 1 is 1.38 bits per heavy atom. The highest BCUT2D eigenvalue weighted by Crippen LogP contribution is 2.29. The van der Waals surface area contributed by atoms with Crippen LogP contribution in [0.3, 0.4) is 0 Å². The molecule has 1 aliphatic heterocycles. The molecule has 2 heterocycles. The van der Waals surface area contributed by atoms with E-state index in [0.717, 1.165) is 30.0 Å². The standard InChI is InChI=1S/C15H18ClN5O.2ClH/c1-21(2)12-4-3-9(16)7-11(12)20-15(22)14-13-10(5-6-17-14)18-8-19-13;;/h3-4,7-8,14,17H,5-6H2,1-2H3,(H,18,19)(H,20,22);2*1H. The first-order chi connectivity index (χ1) is 10.6. The summed E-state index contributed by atoms with van der Waals surface area (Å²) in [4.78, 5) is 21.9. The van der Waals surface area contributed by atoms with Crippen molar-refractivity contribution in [3.63, 3.8) is 0 Å². The van der Waals surface area contributed by atoms with Crippen molar-refractivity contribution in [1.82, 2.24) is 15.3 Å². The van der Waals surface area contributed by atoms with Crippen molar-refractivity contribution in [2.24, 2.45) is 0 Å². The van der Waals surface area contributed by atoms with Crippen molar-refractivity contribution in [3.8, 4) is 0 Å². The maximum Gasteiger partial charge on any atom is 0.247 e. The number of H-pyrrole nitrogens is 1. The van der Waals surface area contributed by atoms with Crippen molar-refractivity contribution in [2.45, 2.75) is 12.5 Å². The second kappa shape index (κ2) is 8.58. The van der Waals surface area contributed by atoms with Gasteiger partial charge in [0.05, 0.1) is 23.4 Å². The summed E-state index contributed by atoms with van der Waals surface area (Å²) in [5.41, 5.74) is 3.36. The first-order valence-electron chi connectivity index (χ1n) is 7.09. The zero-order valence-electron chi connectivity index (χ0n) is 13.3. The summed E-state index contributed by atoms with van der Waals surface area (Å²) < 4.78 is 0. The fraction of sp³-hybridized carbons (Fsp3) is 0.333. The molecule has 0 radical (unpaired) electrons. The minimum atomic E-state index is -0.455. The van der Waals surface area contributed by atoms with E-state index in [4.69, 9.17) is 11.6 Å². The molecule has 3 N–H and O–H groups in total. The largest absolute Gasteiger partial charge is 0.376 e. The van der Waals surface area contributed by atoms with Crippen LogP contribution >= 0.6 is 36.4 Å². The maximum atomic E-state index is 12.6. The van der Waals surface area contributed by atoms with Gasteiger partial charge in [0.2, 0.25) is 5.91 Å². The number of imidazole rings is 1. The molecule has 1 amide bonds. The molecule has 1 aliphatic rings. The van der Waals surface area contributed by atoms with E-state index in [2.05, 4.69) is 20.6 Å². The van der Waals surface area contributed by atoms with E-state index in [1.54, 1.807) is 18.5 Å². The SMILES string of the molecule is CN(C)c1ccc(Cl)cc1NC(=O)C1NCCc2[nH]cnc21.Cl.Cl. The molecule has 1 aromatic heterocycles. The molecule has 0 bridgehead atoms. The molecule has 132 valence electrons. The van der Waals surface area contributed by atoms with Crippen molar-refractivity contribution < 1.29 is 4.79 Å². The third-order valence-corrected chi connectivity index (χ3v) is 3.94. The summed E-state index contributed by atoms with van der Waals surface area (Å²) in [6.45, 7) is 0.739. The molecule has 3 rings (SSSR count). The summed E-state index contributed by atoms with van der Waals surface area (Å²) in [5, 5.41) is 6.74. The Morgan fingerprint density at radius 2 is 2.12 bits per heavy atom. The van der Waals surface area contributed by atoms with E-state index in [0.29, 0.717) is 10.7 Å². The van der Waals surface area contributed by atoms with Crippen LogP contribution in [0.1, 0.15) is 17.4 Å². The van der Waals surface area contributed by atoms with Crippen LogP contribution in [0.15, 0.2) is 24.5 Å². The third-order valence-electron chi connectivity index (χ3n) is 3.71. The van der Waals surface area contributed by atoms with Crippen LogP contribution in [0, 0.1) is 0 Å². The summed E-state index contributed by atoms with van der Waals surface area (Å²) in [6, 6.07) is 4.98. The molecule has 9 heteroatoms. The van der Waals surface area contributed by atoms with Gasteiger partial charge in [0, 0.05) is 37.8 Å². The predicted molar refractivity (Wildman–Crippen MR) is 102 cm³/mol. The minimum absolute atomic E-state index is 0. The quantitative estimate of drug-likeness (QED) is 0.751.